The van der Waals surface area contributed by atoms with Gasteiger partial charge in [-0.1, -0.05) is 0 Å². The van der Waals surface area contributed by atoms with Gasteiger partial charge in [0.05, 0.1) is 13.2 Å². The fourth-order valence-corrected chi connectivity index (χ4v) is 0.912. The summed E-state index contributed by atoms with van der Waals surface area (Å²) in [4.78, 5) is 0. The average Bonchev–Trinajstić information content (AvgIpc) is 1.95. The van der Waals surface area contributed by atoms with Gasteiger partial charge in [0.15, 0.2) is 6.20 Å². The second kappa shape index (κ2) is 2.88. The number of hydrogen-bond acceptors (Lipinski definition) is 2. The van der Waals surface area contributed by atoms with Crippen molar-refractivity contribution >= 4 is 15.9 Å². The van der Waals surface area contributed by atoms with Gasteiger partial charge >= 0.3 is 0 Å². The third-order valence-corrected chi connectivity index (χ3v) is 1.66. The van der Waals surface area contributed by atoms with Crippen LogP contribution in [0.5, 0.6) is 5.75 Å². The van der Waals surface area contributed by atoms with Crippen LogP contribution >= 0.6 is 15.9 Å². The first kappa shape index (κ1) is 7.34. The van der Waals surface area contributed by atoms with Crippen LogP contribution in [-0.2, 0) is 0 Å². The molecule has 1 heterocycles. The molecule has 54 valence electrons. The van der Waals surface area contributed by atoms with Crippen LogP contribution in [0.2, 0.25) is 0 Å². The number of nitrogens with zero attached hydrogens (tertiary/aromatic N) is 1. The summed E-state index contributed by atoms with van der Waals surface area (Å²) in [7, 11) is 1.55. The molecule has 0 amide bonds. The lowest BCUT2D eigenvalue weighted by atomic mass is 10.5. The van der Waals surface area contributed by atoms with Gasteiger partial charge in [0.2, 0.25) is 0 Å². The second-order valence-electron chi connectivity index (χ2n) is 1.72. The van der Waals surface area contributed by atoms with Gasteiger partial charge in [0.25, 0.3) is 4.60 Å². The molecule has 0 aliphatic heterocycles. The van der Waals surface area contributed by atoms with E-state index in [2.05, 4.69) is 15.9 Å². The third kappa shape index (κ3) is 1.39. The molecule has 0 atom stereocenters. The van der Waals surface area contributed by atoms with Gasteiger partial charge < -0.3 is 9.94 Å². The van der Waals surface area contributed by atoms with Gasteiger partial charge in [0.1, 0.15) is 5.75 Å². The first-order valence-electron chi connectivity index (χ1n) is 2.67. The monoisotopic (exact) mass is 203 g/mol. The van der Waals surface area contributed by atoms with Gasteiger partial charge in [0, 0.05) is 22.0 Å². The van der Waals surface area contributed by atoms with Crippen LogP contribution in [0.15, 0.2) is 22.9 Å². The molecule has 4 heteroatoms. The maximum Gasteiger partial charge on any atom is 0.262 e. The van der Waals surface area contributed by atoms with Gasteiger partial charge in [-0.25, -0.2) is 0 Å². The van der Waals surface area contributed by atoms with Gasteiger partial charge in [-0.05, 0) is 0 Å². The molecule has 1 aromatic rings. The van der Waals surface area contributed by atoms with E-state index >= 15 is 0 Å². The summed E-state index contributed by atoms with van der Waals surface area (Å²) in [5.41, 5.74) is 0. The maximum atomic E-state index is 10.7. The summed E-state index contributed by atoms with van der Waals surface area (Å²) in [5.74, 6) is 0.666. The Morgan fingerprint density at radius 2 is 2.40 bits per heavy atom. The highest BCUT2D eigenvalue weighted by Crippen LogP contribution is 2.12. The Balaban J connectivity index is 3.04. The van der Waals surface area contributed by atoms with E-state index in [4.69, 9.17) is 4.74 Å². The quantitative estimate of drug-likeness (QED) is 0.390. The Labute approximate surface area is 67.0 Å². The molecule has 0 unspecified atom stereocenters. The predicted octanol–water partition coefficient (Wildman–Crippen LogP) is 1.09. The Kier molecular flexibility index (Phi) is 2.11. The van der Waals surface area contributed by atoms with E-state index in [1.165, 1.54) is 6.20 Å². The molecule has 1 aromatic heterocycles. The van der Waals surface area contributed by atoms with Crippen LogP contribution in [-0.4, -0.2) is 7.11 Å². The van der Waals surface area contributed by atoms with E-state index in [1.807, 2.05) is 0 Å². The second-order valence-corrected chi connectivity index (χ2v) is 2.53. The Bertz CT molecular complexity index is 239. The minimum atomic E-state index is 0.451. The highest BCUT2D eigenvalue weighted by atomic mass is 79.9. The summed E-state index contributed by atoms with van der Waals surface area (Å²) in [6.07, 6.45) is 1.38. The molecular formula is C6H6BrNO2. The lowest BCUT2D eigenvalue weighted by Gasteiger charge is -2.00. The van der Waals surface area contributed by atoms with Crippen molar-refractivity contribution in [2.45, 2.75) is 0 Å². The summed E-state index contributed by atoms with van der Waals surface area (Å²) < 4.78 is 6.03. The predicted molar refractivity (Wildman–Crippen MR) is 39.7 cm³/mol. The first-order valence-corrected chi connectivity index (χ1v) is 3.46. The molecule has 10 heavy (non-hydrogen) atoms. The molecule has 3 nitrogen and oxygen atoms in total. The number of pyridine rings is 1. The maximum absolute atomic E-state index is 10.7. The van der Waals surface area contributed by atoms with Crippen LogP contribution in [0.25, 0.3) is 0 Å². The van der Waals surface area contributed by atoms with Crippen molar-refractivity contribution in [1.82, 2.24) is 0 Å². The number of rotatable bonds is 1. The van der Waals surface area contributed by atoms with E-state index < -0.39 is 0 Å². The van der Waals surface area contributed by atoms with Crippen LogP contribution in [0.3, 0.4) is 0 Å². The lowest BCUT2D eigenvalue weighted by Crippen LogP contribution is -2.26. The number of methoxy groups -OCH3 is 1. The van der Waals surface area contributed by atoms with Crippen molar-refractivity contribution in [1.29, 1.82) is 0 Å². The van der Waals surface area contributed by atoms with Crippen LogP contribution in [0.4, 0.5) is 0 Å². The fourth-order valence-electron chi connectivity index (χ4n) is 0.568. The minimum absolute atomic E-state index is 0.451. The molecule has 0 bridgehead atoms. The number of hydrogen-bond donors (Lipinski definition) is 0. The van der Waals surface area contributed by atoms with Gasteiger partial charge in [-0.2, -0.15) is 4.73 Å². The molecule has 0 radical (unpaired) electrons. The highest BCUT2D eigenvalue weighted by Gasteiger charge is 2.00. The molecular weight excluding hydrogens is 198 g/mol. The Morgan fingerprint density at radius 1 is 1.70 bits per heavy atom. The smallest absolute Gasteiger partial charge is 0.262 e. The summed E-state index contributed by atoms with van der Waals surface area (Å²) in [6, 6.07) is 3.20. The summed E-state index contributed by atoms with van der Waals surface area (Å²) >= 11 is 3.06. The molecule has 0 aromatic carbocycles. The number of halogens is 1. The SMILES string of the molecule is COc1cc[n+]([O-])c(Br)c1. The van der Waals surface area contributed by atoms with Crippen molar-refractivity contribution in [3.05, 3.63) is 28.1 Å². The van der Waals surface area contributed by atoms with Crippen molar-refractivity contribution in [3.8, 4) is 5.75 Å². The fraction of sp³-hybridized carbons (Fsp3) is 0.167. The normalized spacial score (nSPS) is 9.40. The molecule has 0 aliphatic rings. The Morgan fingerprint density at radius 3 is 2.90 bits per heavy atom. The Hall–Kier alpha value is -0.770. The molecule has 0 fully saturated rings. The molecule has 0 saturated heterocycles. The van der Waals surface area contributed by atoms with Crippen molar-refractivity contribution in [2.75, 3.05) is 7.11 Å². The van der Waals surface area contributed by atoms with E-state index in [0.717, 1.165) is 0 Å². The zero-order valence-electron chi connectivity index (χ0n) is 5.37. The highest BCUT2D eigenvalue weighted by molar-refractivity contribution is 9.10. The molecule has 0 N–H and O–H groups in total. The zero-order chi connectivity index (χ0) is 7.56. The van der Waals surface area contributed by atoms with Crippen molar-refractivity contribution in [2.24, 2.45) is 0 Å². The van der Waals surface area contributed by atoms with E-state index in [1.54, 1.807) is 19.2 Å². The lowest BCUT2D eigenvalue weighted by molar-refractivity contribution is -0.617. The minimum Gasteiger partial charge on any atom is -0.618 e. The first-order chi connectivity index (χ1) is 4.74. The molecule has 0 spiro atoms. The summed E-state index contributed by atoms with van der Waals surface area (Å²) in [5, 5.41) is 10.7. The third-order valence-electron chi connectivity index (χ3n) is 1.08. The average molecular weight is 204 g/mol. The molecule has 0 aliphatic carbocycles. The van der Waals surface area contributed by atoms with E-state index in [9.17, 15) is 5.21 Å². The van der Waals surface area contributed by atoms with E-state index in [0.29, 0.717) is 15.1 Å². The zero-order valence-corrected chi connectivity index (χ0v) is 6.96. The van der Waals surface area contributed by atoms with Crippen LogP contribution < -0.4 is 9.47 Å². The number of ether oxygens (including phenoxy) is 1. The van der Waals surface area contributed by atoms with Gasteiger partial charge in [-0.3, -0.25) is 0 Å². The topological polar surface area (TPSA) is 36.2 Å². The van der Waals surface area contributed by atoms with Crippen LogP contribution in [0, 0.1) is 5.21 Å². The van der Waals surface area contributed by atoms with E-state index in [-0.39, 0.29) is 0 Å². The van der Waals surface area contributed by atoms with Crippen LogP contribution in [0.1, 0.15) is 0 Å². The standard InChI is InChI=1S/C6H6BrNO2/c1-10-5-2-3-8(9)6(7)4-5/h2-4H,1H3. The largest absolute Gasteiger partial charge is 0.618 e. The van der Waals surface area contributed by atoms with Crippen molar-refractivity contribution in [3.63, 3.8) is 0 Å². The molecule has 0 saturated carbocycles. The summed E-state index contributed by atoms with van der Waals surface area (Å²) in [6.45, 7) is 0. The van der Waals surface area contributed by atoms with Gasteiger partial charge in [-0.15, -0.1) is 0 Å². The van der Waals surface area contributed by atoms with Crippen molar-refractivity contribution < 1.29 is 9.47 Å². The number of aromatic nitrogens is 1. The molecule has 1 rings (SSSR count).